The van der Waals surface area contributed by atoms with Gasteiger partial charge in [0, 0.05) is 36.9 Å². The summed E-state index contributed by atoms with van der Waals surface area (Å²) in [5, 5.41) is 8.05. The molecule has 2 aliphatic rings. The van der Waals surface area contributed by atoms with E-state index >= 15 is 0 Å². The number of hydrogen-bond donors (Lipinski definition) is 1. The van der Waals surface area contributed by atoms with Crippen molar-refractivity contribution in [3.63, 3.8) is 0 Å². The highest BCUT2D eigenvalue weighted by Gasteiger charge is 2.36. The molecular formula is C30H29N3O4. The highest BCUT2D eigenvalue weighted by atomic mass is 16.7. The lowest BCUT2D eigenvalue weighted by atomic mass is 9.74. The van der Waals surface area contributed by atoms with Crippen LogP contribution < -0.4 is 14.8 Å². The highest BCUT2D eigenvalue weighted by molar-refractivity contribution is 5.99. The molecule has 2 aliphatic heterocycles. The zero-order valence-corrected chi connectivity index (χ0v) is 20.6. The van der Waals surface area contributed by atoms with Crippen molar-refractivity contribution in [1.82, 2.24) is 15.1 Å². The van der Waals surface area contributed by atoms with E-state index < -0.39 is 0 Å². The molecule has 0 atom stereocenters. The zero-order valence-electron chi connectivity index (χ0n) is 20.6. The van der Waals surface area contributed by atoms with Crippen molar-refractivity contribution < 1.29 is 19.0 Å². The van der Waals surface area contributed by atoms with Crippen LogP contribution in [0.15, 0.2) is 85.1 Å². The zero-order chi connectivity index (χ0) is 25.1. The van der Waals surface area contributed by atoms with Gasteiger partial charge in [0.15, 0.2) is 11.5 Å². The minimum absolute atomic E-state index is 0.134. The van der Waals surface area contributed by atoms with Crippen LogP contribution in [0.5, 0.6) is 11.5 Å². The lowest BCUT2D eigenvalue weighted by Crippen LogP contribution is -2.44. The Kier molecular flexibility index (Phi) is 6.37. The summed E-state index contributed by atoms with van der Waals surface area (Å²) >= 11 is 0. The summed E-state index contributed by atoms with van der Waals surface area (Å²) in [5.74, 6) is 1.38. The fourth-order valence-electron chi connectivity index (χ4n) is 5.15. The Morgan fingerprint density at radius 1 is 0.919 bits per heavy atom. The van der Waals surface area contributed by atoms with Crippen LogP contribution in [0.2, 0.25) is 0 Å². The van der Waals surface area contributed by atoms with Gasteiger partial charge in [-0.1, -0.05) is 66.7 Å². The first kappa shape index (κ1) is 23.3. The Morgan fingerprint density at radius 3 is 2.43 bits per heavy atom. The van der Waals surface area contributed by atoms with Gasteiger partial charge in [-0.3, -0.25) is 9.48 Å². The van der Waals surface area contributed by atoms with Gasteiger partial charge in [-0.05, 0) is 36.1 Å². The number of nitrogens with zero attached hydrogens (tertiary/aromatic N) is 2. The number of carbonyl (C=O) groups excluding carboxylic acids is 1. The van der Waals surface area contributed by atoms with Crippen molar-refractivity contribution in [2.75, 3.05) is 26.6 Å². The van der Waals surface area contributed by atoms with Gasteiger partial charge in [-0.15, -0.1) is 0 Å². The Bertz CT molecular complexity index is 1380. The number of nitrogens with one attached hydrogen (secondary N) is 1. The molecule has 1 amide bonds. The van der Waals surface area contributed by atoms with Crippen molar-refractivity contribution in [1.29, 1.82) is 0 Å². The molecule has 3 aromatic carbocycles. The first-order valence-electron chi connectivity index (χ1n) is 12.6. The normalized spacial score (nSPS) is 15.9. The second kappa shape index (κ2) is 10.1. The predicted molar refractivity (Wildman–Crippen MR) is 140 cm³/mol. The molecule has 0 bridgehead atoms. The maximum absolute atomic E-state index is 13.7. The molecule has 0 saturated carbocycles. The largest absolute Gasteiger partial charge is 0.454 e. The van der Waals surface area contributed by atoms with Crippen LogP contribution in [0.25, 0.3) is 11.3 Å². The maximum Gasteiger partial charge on any atom is 0.255 e. The summed E-state index contributed by atoms with van der Waals surface area (Å²) in [5.41, 5.74) is 4.16. The molecule has 188 valence electrons. The third-order valence-electron chi connectivity index (χ3n) is 7.26. The number of ether oxygens (including phenoxy) is 3. The molecule has 4 aromatic rings. The van der Waals surface area contributed by atoms with E-state index in [1.165, 1.54) is 0 Å². The smallest absolute Gasteiger partial charge is 0.255 e. The number of rotatable bonds is 7. The van der Waals surface area contributed by atoms with Crippen LogP contribution >= 0.6 is 0 Å². The summed E-state index contributed by atoms with van der Waals surface area (Å²) in [6, 6.07) is 26.1. The van der Waals surface area contributed by atoms with Crippen molar-refractivity contribution in [2.45, 2.75) is 24.8 Å². The fourth-order valence-corrected chi connectivity index (χ4v) is 5.15. The molecule has 7 heteroatoms. The van der Waals surface area contributed by atoms with Crippen molar-refractivity contribution in [2.24, 2.45) is 0 Å². The number of amides is 1. The summed E-state index contributed by atoms with van der Waals surface area (Å²) in [6.45, 7) is 2.61. The van der Waals surface area contributed by atoms with E-state index in [-0.39, 0.29) is 18.1 Å². The van der Waals surface area contributed by atoms with Gasteiger partial charge in [-0.25, -0.2) is 0 Å². The minimum atomic E-state index is -0.248. The molecule has 37 heavy (non-hydrogen) atoms. The predicted octanol–water partition coefficient (Wildman–Crippen LogP) is 4.81. The summed E-state index contributed by atoms with van der Waals surface area (Å²) in [4.78, 5) is 13.7. The van der Waals surface area contributed by atoms with E-state index in [0.717, 1.165) is 41.0 Å². The molecule has 1 N–H and O–H groups in total. The van der Waals surface area contributed by atoms with Crippen LogP contribution in [0.3, 0.4) is 0 Å². The van der Waals surface area contributed by atoms with Gasteiger partial charge in [0.2, 0.25) is 6.79 Å². The molecule has 1 aromatic heterocycles. The molecule has 3 heterocycles. The van der Waals surface area contributed by atoms with E-state index in [9.17, 15) is 4.79 Å². The average molecular weight is 496 g/mol. The Morgan fingerprint density at radius 2 is 1.65 bits per heavy atom. The van der Waals surface area contributed by atoms with Crippen LogP contribution in [-0.4, -0.2) is 42.2 Å². The summed E-state index contributed by atoms with van der Waals surface area (Å²) < 4.78 is 18.7. The van der Waals surface area contributed by atoms with Crippen LogP contribution in [-0.2, 0) is 16.7 Å². The fraction of sp³-hybridized carbons (Fsp3) is 0.267. The topological polar surface area (TPSA) is 74.6 Å². The van der Waals surface area contributed by atoms with E-state index in [4.69, 9.17) is 19.3 Å². The first-order chi connectivity index (χ1) is 18.2. The van der Waals surface area contributed by atoms with Crippen LogP contribution in [0, 0.1) is 0 Å². The Labute approximate surface area is 216 Å². The number of fused-ring (bicyclic) bond motifs is 1. The highest BCUT2D eigenvalue weighted by Crippen LogP contribution is 2.40. The van der Waals surface area contributed by atoms with E-state index in [0.29, 0.717) is 37.6 Å². The Balaban J connectivity index is 1.28. The quantitative estimate of drug-likeness (QED) is 0.399. The van der Waals surface area contributed by atoms with Crippen LogP contribution in [0.4, 0.5) is 0 Å². The van der Waals surface area contributed by atoms with E-state index in [1.807, 2.05) is 71.5 Å². The van der Waals surface area contributed by atoms with Gasteiger partial charge >= 0.3 is 0 Å². The number of hydrogen-bond acceptors (Lipinski definition) is 5. The number of carbonyl (C=O) groups is 1. The molecule has 1 saturated heterocycles. The summed E-state index contributed by atoms with van der Waals surface area (Å²) in [6.07, 6.45) is 3.47. The lowest BCUT2D eigenvalue weighted by Gasteiger charge is -2.38. The van der Waals surface area contributed by atoms with Gasteiger partial charge in [0.05, 0.1) is 12.1 Å². The molecule has 0 spiro atoms. The molecular weight excluding hydrogens is 466 g/mol. The molecule has 0 radical (unpaired) electrons. The third-order valence-corrected chi connectivity index (χ3v) is 7.26. The molecule has 6 rings (SSSR count). The number of benzene rings is 3. The standard InChI is InChI=1S/C30H29N3O4/c34-29(31-20-30(13-15-35-16-14-30)24-11-12-26-27(17-24)37-21-36-26)25-19-33(18-22-7-3-1-4-8-22)32-28(25)23-9-5-2-6-10-23/h1-12,17,19H,13-16,18,20-21H2,(H,31,34). The van der Waals surface area contributed by atoms with Crippen molar-refractivity contribution in [3.05, 3.63) is 102 Å². The number of aromatic nitrogens is 2. The molecule has 0 unspecified atom stereocenters. The third kappa shape index (κ3) is 4.82. The van der Waals surface area contributed by atoms with Gasteiger partial charge < -0.3 is 19.5 Å². The van der Waals surface area contributed by atoms with Crippen molar-refractivity contribution in [3.8, 4) is 22.8 Å². The van der Waals surface area contributed by atoms with E-state index in [1.54, 1.807) is 0 Å². The maximum atomic E-state index is 13.7. The lowest BCUT2D eigenvalue weighted by molar-refractivity contribution is 0.0486. The minimum Gasteiger partial charge on any atom is -0.454 e. The monoisotopic (exact) mass is 495 g/mol. The van der Waals surface area contributed by atoms with Gasteiger partial charge in [0.1, 0.15) is 5.69 Å². The second-order valence-electron chi connectivity index (χ2n) is 9.58. The molecule has 7 nitrogen and oxygen atoms in total. The van der Waals surface area contributed by atoms with Crippen molar-refractivity contribution >= 4 is 5.91 Å². The van der Waals surface area contributed by atoms with Crippen LogP contribution in [0.1, 0.15) is 34.3 Å². The van der Waals surface area contributed by atoms with E-state index in [2.05, 4.69) is 23.5 Å². The first-order valence-corrected chi connectivity index (χ1v) is 12.6. The SMILES string of the molecule is O=C(NCC1(c2ccc3c(c2)OCO3)CCOCC1)c1cn(Cc2ccccc2)nc1-c1ccccc1. The average Bonchev–Trinajstić information content (AvgIpc) is 3.60. The summed E-state index contributed by atoms with van der Waals surface area (Å²) in [7, 11) is 0. The molecule has 1 fully saturated rings. The second-order valence-corrected chi connectivity index (χ2v) is 9.58. The van der Waals surface area contributed by atoms with Gasteiger partial charge in [-0.2, -0.15) is 5.10 Å². The molecule has 0 aliphatic carbocycles. The Hall–Kier alpha value is -4.10. The van der Waals surface area contributed by atoms with Gasteiger partial charge in [0.25, 0.3) is 5.91 Å².